The number of rotatable bonds is 19. The van der Waals surface area contributed by atoms with Crippen LogP contribution in [-0.4, -0.2) is 105 Å². The summed E-state index contributed by atoms with van der Waals surface area (Å²) in [7, 11) is -3.10. The van der Waals surface area contributed by atoms with Crippen molar-refractivity contribution in [1.29, 1.82) is 0 Å². The van der Waals surface area contributed by atoms with Gasteiger partial charge in [0.25, 0.3) is 11.8 Å². The number of fused-ring (bicyclic) bond motifs is 3. The van der Waals surface area contributed by atoms with Gasteiger partial charge in [-0.25, -0.2) is 13.2 Å². The van der Waals surface area contributed by atoms with Crippen LogP contribution in [0.15, 0.2) is 83.8 Å². The average molecular weight is 919 g/mol. The number of hydrogen-bond donors (Lipinski definition) is 0. The third-order valence-electron chi connectivity index (χ3n) is 12.1. The number of allylic oxidation sites excluding steroid dienone is 4. The number of methoxy groups -OCH3 is 1. The van der Waals surface area contributed by atoms with E-state index in [4.69, 9.17) is 23.8 Å². The molecule has 3 aromatic carbocycles. The molecule has 0 unspecified atom stereocenters. The summed E-state index contributed by atoms with van der Waals surface area (Å²) in [6.45, 7) is 14.2. The van der Waals surface area contributed by atoms with Crippen molar-refractivity contribution in [2.24, 2.45) is 0 Å². The van der Waals surface area contributed by atoms with Crippen LogP contribution in [0.2, 0.25) is 0 Å². The minimum absolute atomic E-state index is 0. The maximum atomic E-state index is 12.5. The van der Waals surface area contributed by atoms with Crippen molar-refractivity contribution in [2.45, 2.75) is 89.0 Å². The van der Waals surface area contributed by atoms with Gasteiger partial charge in [-0.15, -0.1) is 5.06 Å². The van der Waals surface area contributed by atoms with Crippen LogP contribution in [0.1, 0.15) is 95.4 Å². The van der Waals surface area contributed by atoms with E-state index in [1.807, 2.05) is 50.3 Å². The van der Waals surface area contributed by atoms with Crippen molar-refractivity contribution in [2.75, 3.05) is 58.1 Å². The Morgan fingerprint density at radius 2 is 1.58 bits per heavy atom. The molecule has 340 valence electrons. The summed E-state index contributed by atoms with van der Waals surface area (Å²) in [6.07, 6.45) is 8.23. The molecular formula is C49H57N3NaO11S+. The molecule has 4 aliphatic heterocycles. The van der Waals surface area contributed by atoms with E-state index in [1.54, 1.807) is 13.2 Å². The van der Waals surface area contributed by atoms with Crippen molar-refractivity contribution in [3.63, 3.8) is 0 Å². The second-order valence-electron chi connectivity index (χ2n) is 17.4. The third-order valence-corrected chi connectivity index (χ3v) is 13.0. The third kappa shape index (κ3) is 11.2. The van der Waals surface area contributed by atoms with Crippen LogP contribution >= 0.6 is 0 Å². The van der Waals surface area contributed by atoms with Crippen LogP contribution in [0.5, 0.6) is 5.75 Å². The standard InChI is InChI=1S/C49H57N3O11S.Na/c1-33-32-48(2,3)51(21-22-60-25-26-61-24-23-59-6)41-31-43-38(30-37(33)41)35(27-42(62-43)34-13-9-7-10-14-34)28-44-49(4,5)39-29-36(64(56,57)58)16-17-40(39)50(44)20-12-8-11-15-47(55)63-52-45(53)18-19-46(52)54;/h7,9-10,13-14,16-17,27-32H,8,11-12,15,18-26H2,1-6H3;/q;+1. The molecule has 1 saturated heterocycles. The topological polar surface area (TPSA) is 164 Å². The smallest absolute Gasteiger partial charge is 0.744 e. The molecule has 0 aromatic heterocycles. The number of carbonyl (C=O) groups is 3. The summed E-state index contributed by atoms with van der Waals surface area (Å²) >= 11 is 0. The van der Waals surface area contributed by atoms with Crippen LogP contribution in [0, 0.1) is 0 Å². The van der Waals surface area contributed by atoms with Crippen molar-refractivity contribution in [3.8, 4) is 5.75 Å². The molecule has 0 radical (unpaired) electrons. The predicted molar refractivity (Wildman–Crippen MR) is 241 cm³/mol. The van der Waals surface area contributed by atoms with Gasteiger partial charge >= 0.3 is 35.5 Å². The van der Waals surface area contributed by atoms with E-state index in [2.05, 4.69) is 54.5 Å². The van der Waals surface area contributed by atoms with Gasteiger partial charge < -0.3 is 33.2 Å². The van der Waals surface area contributed by atoms with Gasteiger partial charge in [0.05, 0.1) is 48.9 Å². The van der Waals surface area contributed by atoms with E-state index in [-0.39, 0.29) is 59.3 Å². The van der Waals surface area contributed by atoms with Crippen LogP contribution < -0.4 is 39.2 Å². The molecule has 3 aromatic rings. The Balaban J connectivity index is 0.00000700. The second-order valence-corrected chi connectivity index (χ2v) is 18.8. The Hall–Kier alpha value is -4.45. The van der Waals surface area contributed by atoms with Crippen LogP contribution in [0.25, 0.3) is 16.9 Å². The zero-order valence-electron chi connectivity index (χ0n) is 38.4. The number of ether oxygens (including phenoxy) is 4. The summed E-state index contributed by atoms with van der Waals surface area (Å²) < 4.78 is 62.5. The molecule has 4 heterocycles. The number of hydrogen-bond acceptors (Lipinski definition) is 12. The minimum Gasteiger partial charge on any atom is -0.744 e. The largest absolute Gasteiger partial charge is 1.00 e. The fraction of sp³-hybridized carbons (Fsp3) is 0.429. The number of amides is 2. The van der Waals surface area contributed by atoms with Gasteiger partial charge in [-0.2, -0.15) is 4.58 Å². The Bertz CT molecular complexity index is 2530. The molecule has 0 saturated carbocycles. The number of carbonyl (C=O) groups excluding carboxylic acids is 3. The first-order valence-corrected chi connectivity index (χ1v) is 23.2. The molecule has 0 bridgehead atoms. The first-order valence-electron chi connectivity index (χ1n) is 21.8. The van der Waals surface area contributed by atoms with E-state index < -0.39 is 33.3 Å². The monoisotopic (exact) mass is 918 g/mol. The van der Waals surface area contributed by atoms with Gasteiger partial charge in [0, 0.05) is 85.5 Å². The summed E-state index contributed by atoms with van der Waals surface area (Å²) in [5.41, 5.74) is 7.15. The normalized spacial score (nSPS) is 17.9. The first kappa shape index (κ1) is 50.0. The molecule has 0 atom stereocenters. The Kier molecular flexibility index (Phi) is 16.2. The van der Waals surface area contributed by atoms with Gasteiger partial charge in [0.1, 0.15) is 28.2 Å². The van der Waals surface area contributed by atoms with Crippen molar-refractivity contribution in [3.05, 3.63) is 101 Å². The van der Waals surface area contributed by atoms with Gasteiger partial charge in [0.2, 0.25) is 5.69 Å². The van der Waals surface area contributed by atoms with Crippen LogP contribution in [0.3, 0.4) is 0 Å². The van der Waals surface area contributed by atoms with Gasteiger partial charge in [-0.1, -0.05) is 36.4 Å². The molecular weight excluding hydrogens is 862 g/mol. The first-order chi connectivity index (χ1) is 30.5. The predicted octanol–water partition coefficient (Wildman–Crippen LogP) is 4.34. The van der Waals surface area contributed by atoms with Gasteiger partial charge in [-0.05, 0) is 82.9 Å². The van der Waals surface area contributed by atoms with E-state index in [1.165, 1.54) is 12.1 Å². The molecule has 65 heavy (non-hydrogen) atoms. The molecule has 0 N–H and O–H groups in total. The van der Waals surface area contributed by atoms with Crippen molar-refractivity contribution < 1.29 is 85.3 Å². The molecule has 2 amide bonds. The summed E-state index contributed by atoms with van der Waals surface area (Å²) in [6, 6.07) is 18.7. The number of unbranched alkanes of at least 4 members (excludes halogenated alkanes) is 2. The molecule has 14 nitrogen and oxygen atoms in total. The molecule has 0 aliphatic carbocycles. The molecule has 4 aliphatic rings. The summed E-state index contributed by atoms with van der Waals surface area (Å²) in [4.78, 5) is 43.5. The van der Waals surface area contributed by atoms with E-state index in [9.17, 15) is 27.4 Å². The number of benzene rings is 3. The maximum Gasteiger partial charge on any atom is 1.00 e. The Morgan fingerprint density at radius 3 is 2.28 bits per heavy atom. The molecule has 1 fully saturated rings. The zero-order valence-corrected chi connectivity index (χ0v) is 41.3. The van der Waals surface area contributed by atoms with Crippen LogP contribution in [-0.2, 0) is 49.0 Å². The number of nitrogens with zero attached hydrogens (tertiary/aromatic N) is 3. The van der Waals surface area contributed by atoms with Crippen LogP contribution in [0.4, 0.5) is 11.4 Å². The maximum absolute atomic E-state index is 12.5. The van der Waals surface area contributed by atoms with E-state index in [0.717, 1.165) is 44.9 Å². The zero-order chi connectivity index (χ0) is 45.8. The van der Waals surface area contributed by atoms with Crippen molar-refractivity contribution >= 4 is 61.9 Å². The summed E-state index contributed by atoms with van der Waals surface area (Å²) in [5, 5.41) is 0.563. The summed E-state index contributed by atoms with van der Waals surface area (Å²) in [5.74, 6) is -0.350. The quantitative estimate of drug-likeness (QED) is 0.0551. The average Bonchev–Trinajstić information content (AvgIpc) is 3.67. The van der Waals surface area contributed by atoms with E-state index in [0.29, 0.717) is 87.5 Å². The number of imide groups is 1. The molecule has 7 rings (SSSR count). The molecule has 0 spiro atoms. The minimum atomic E-state index is -4.74. The van der Waals surface area contributed by atoms with Crippen molar-refractivity contribution in [1.82, 2.24) is 5.06 Å². The Labute approximate surface area is 403 Å². The second kappa shape index (κ2) is 21.0. The number of anilines is 1. The Morgan fingerprint density at radius 1 is 0.892 bits per heavy atom. The van der Waals surface area contributed by atoms with Gasteiger partial charge in [-0.3, -0.25) is 9.59 Å². The van der Waals surface area contributed by atoms with Gasteiger partial charge in [0.15, 0.2) is 5.71 Å². The van der Waals surface area contributed by atoms with E-state index >= 15 is 0 Å². The SMILES string of the molecule is COCCOCCOCCN1c2cc3c(cc2C(C)=CC1(C)C)C(=CC1=[N+](CCCCCC(=O)ON2C(=O)CCC2=O)c2ccc(S(=O)(=O)[O-])cc2C1(C)C)C=C(c1ccccc1)O3.[Na+]. The fourth-order valence-corrected chi connectivity index (χ4v) is 9.35. The molecule has 16 heteroatoms. The fourth-order valence-electron chi connectivity index (χ4n) is 8.85. The number of hydroxylamine groups is 2.